The number of carbonyl (C=O) groups is 4. The first-order valence-corrected chi connectivity index (χ1v) is 11.9. The maximum atomic E-state index is 13.2. The van der Waals surface area contributed by atoms with E-state index in [2.05, 4.69) is 21.3 Å². The van der Waals surface area contributed by atoms with Crippen molar-refractivity contribution in [2.75, 3.05) is 13.1 Å². The van der Waals surface area contributed by atoms with Crippen LogP contribution in [0.15, 0.2) is 0 Å². The van der Waals surface area contributed by atoms with Gasteiger partial charge in [-0.15, -0.1) is 0 Å². The van der Waals surface area contributed by atoms with Crippen molar-refractivity contribution in [2.24, 2.45) is 11.3 Å². The van der Waals surface area contributed by atoms with Gasteiger partial charge in [-0.1, -0.05) is 27.7 Å². The van der Waals surface area contributed by atoms with E-state index in [1.807, 2.05) is 54.5 Å². The van der Waals surface area contributed by atoms with E-state index >= 15 is 0 Å². The molecule has 5 amide bonds. The number of hydrogen-bond acceptors (Lipinski definition) is 5. The SMILES string of the molecule is CC(C#N)NC(=O)C1CCCN1C(=O)C(NC(=O)NC(C)(C)C)C(C)(C)C.C[C@@H]1CCNC1=O. The molecular weight excluding hydrogens is 436 g/mol. The summed E-state index contributed by atoms with van der Waals surface area (Å²) in [4.78, 5) is 50.0. The number of nitrogens with zero attached hydrogens (tertiary/aromatic N) is 2. The number of hydrogen-bond donors (Lipinski definition) is 4. The van der Waals surface area contributed by atoms with Gasteiger partial charge in [0.15, 0.2) is 0 Å². The molecule has 0 saturated carbocycles. The van der Waals surface area contributed by atoms with Gasteiger partial charge in [-0.3, -0.25) is 14.4 Å². The Balaban J connectivity index is 0.000000700. The van der Waals surface area contributed by atoms with Crippen LogP contribution in [0, 0.1) is 22.7 Å². The fourth-order valence-corrected chi connectivity index (χ4v) is 3.68. The van der Waals surface area contributed by atoms with Gasteiger partial charge in [0.05, 0.1) is 6.07 Å². The van der Waals surface area contributed by atoms with Crippen molar-refractivity contribution in [2.45, 2.75) is 98.3 Å². The van der Waals surface area contributed by atoms with E-state index < -0.39 is 35.1 Å². The van der Waals surface area contributed by atoms with E-state index in [1.54, 1.807) is 6.92 Å². The van der Waals surface area contributed by atoms with Crippen LogP contribution in [0.1, 0.15) is 74.7 Å². The second kappa shape index (κ2) is 12.0. The van der Waals surface area contributed by atoms with Crippen LogP contribution in [0.4, 0.5) is 4.79 Å². The molecule has 2 rings (SSSR count). The van der Waals surface area contributed by atoms with E-state index in [0.717, 1.165) is 13.0 Å². The maximum Gasteiger partial charge on any atom is 0.315 e. The van der Waals surface area contributed by atoms with Gasteiger partial charge in [-0.2, -0.15) is 5.26 Å². The zero-order valence-electron chi connectivity index (χ0n) is 21.9. The first-order chi connectivity index (χ1) is 15.6. The van der Waals surface area contributed by atoms with Gasteiger partial charge < -0.3 is 26.2 Å². The van der Waals surface area contributed by atoms with Crippen molar-refractivity contribution in [3.8, 4) is 6.07 Å². The van der Waals surface area contributed by atoms with Crippen LogP contribution in [0.25, 0.3) is 0 Å². The number of amides is 5. The van der Waals surface area contributed by atoms with Gasteiger partial charge in [0, 0.05) is 24.5 Å². The topological polar surface area (TPSA) is 143 Å². The summed E-state index contributed by atoms with van der Waals surface area (Å²) in [7, 11) is 0. The number of nitriles is 1. The van der Waals surface area contributed by atoms with E-state index in [-0.39, 0.29) is 23.6 Å². The smallest absolute Gasteiger partial charge is 0.315 e. The average Bonchev–Trinajstić information content (AvgIpc) is 3.33. The summed E-state index contributed by atoms with van der Waals surface area (Å²) in [5, 5.41) is 19.8. The third-order valence-electron chi connectivity index (χ3n) is 5.59. The number of urea groups is 1. The summed E-state index contributed by atoms with van der Waals surface area (Å²) in [6, 6.07) is -0.482. The van der Waals surface area contributed by atoms with Gasteiger partial charge in [-0.05, 0) is 52.4 Å². The molecule has 0 aromatic rings. The molecule has 3 unspecified atom stereocenters. The lowest BCUT2D eigenvalue weighted by Gasteiger charge is -2.36. The molecule has 2 saturated heterocycles. The summed E-state index contributed by atoms with van der Waals surface area (Å²) < 4.78 is 0. The van der Waals surface area contributed by atoms with Crippen LogP contribution < -0.4 is 21.3 Å². The Kier molecular flexibility index (Phi) is 10.3. The standard InChI is InChI=1S/C19H33N5O3.C5H9NO/c1-12(11-20)21-15(25)13-9-8-10-24(13)16(26)14(18(2,3)4)22-17(27)23-19(5,6)7;1-4-2-3-6-5(4)7/h12-14H,8-10H2,1-7H3,(H,21,25)(H2,22,23,27);4H,2-3H2,1H3,(H,6,7)/t;4-/m.1/s1. The molecule has 4 atom stereocenters. The first-order valence-electron chi connectivity index (χ1n) is 11.9. The van der Waals surface area contributed by atoms with Crippen LogP contribution in [0.5, 0.6) is 0 Å². The van der Waals surface area contributed by atoms with Crippen LogP contribution in [0.3, 0.4) is 0 Å². The molecular formula is C24H42N6O4. The van der Waals surface area contributed by atoms with Crippen LogP contribution in [-0.4, -0.2) is 65.4 Å². The molecule has 2 heterocycles. The van der Waals surface area contributed by atoms with Gasteiger partial charge in [0.2, 0.25) is 17.7 Å². The third-order valence-corrected chi connectivity index (χ3v) is 5.59. The number of likely N-dealkylation sites (tertiary alicyclic amines) is 1. The molecule has 0 radical (unpaired) electrons. The Morgan fingerprint density at radius 3 is 2.15 bits per heavy atom. The predicted octanol–water partition coefficient (Wildman–Crippen LogP) is 1.66. The number of nitrogens with one attached hydrogen (secondary N) is 4. The van der Waals surface area contributed by atoms with E-state index in [0.29, 0.717) is 19.4 Å². The molecule has 0 aromatic heterocycles. The Bertz CT molecular complexity index is 793. The summed E-state index contributed by atoms with van der Waals surface area (Å²) in [6.07, 6.45) is 2.26. The van der Waals surface area contributed by atoms with Crippen LogP contribution in [-0.2, 0) is 14.4 Å². The number of rotatable bonds is 4. The minimum Gasteiger partial charge on any atom is -0.356 e. The summed E-state index contributed by atoms with van der Waals surface area (Å²) in [5.74, 6) is -0.143. The Hall–Kier alpha value is -2.83. The minimum atomic E-state index is -0.776. The molecule has 0 aliphatic carbocycles. The van der Waals surface area contributed by atoms with Crippen molar-refractivity contribution in [1.29, 1.82) is 5.26 Å². The van der Waals surface area contributed by atoms with E-state index in [9.17, 15) is 19.2 Å². The van der Waals surface area contributed by atoms with E-state index in [1.165, 1.54) is 4.90 Å². The van der Waals surface area contributed by atoms with Gasteiger partial charge in [-0.25, -0.2) is 4.79 Å². The second-order valence-electron chi connectivity index (χ2n) is 11.2. The summed E-state index contributed by atoms with van der Waals surface area (Å²) >= 11 is 0. The molecule has 10 nitrogen and oxygen atoms in total. The molecule has 2 aliphatic rings. The molecule has 34 heavy (non-hydrogen) atoms. The fourth-order valence-electron chi connectivity index (χ4n) is 3.68. The summed E-state index contributed by atoms with van der Waals surface area (Å²) in [5.41, 5.74) is -0.963. The zero-order chi connectivity index (χ0) is 26.3. The highest BCUT2D eigenvalue weighted by Crippen LogP contribution is 2.26. The van der Waals surface area contributed by atoms with Crippen LogP contribution in [0.2, 0.25) is 0 Å². The molecule has 0 bridgehead atoms. The third kappa shape index (κ3) is 9.20. The molecule has 4 N–H and O–H groups in total. The van der Waals surface area contributed by atoms with E-state index in [4.69, 9.17) is 5.26 Å². The van der Waals surface area contributed by atoms with Gasteiger partial charge in [0.25, 0.3) is 0 Å². The molecule has 2 fully saturated rings. The fraction of sp³-hybridized carbons (Fsp3) is 0.792. The highest BCUT2D eigenvalue weighted by atomic mass is 16.2. The summed E-state index contributed by atoms with van der Waals surface area (Å²) in [6.45, 7) is 16.1. The van der Waals surface area contributed by atoms with Crippen molar-refractivity contribution >= 4 is 23.8 Å². The normalized spacial score (nSPS) is 21.9. The molecule has 0 aromatic carbocycles. The lowest BCUT2D eigenvalue weighted by Crippen LogP contribution is -2.60. The molecule has 0 spiro atoms. The largest absolute Gasteiger partial charge is 0.356 e. The second-order valence-corrected chi connectivity index (χ2v) is 11.2. The monoisotopic (exact) mass is 478 g/mol. The zero-order valence-corrected chi connectivity index (χ0v) is 21.9. The first kappa shape index (κ1) is 29.2. The quantitative estimate of drug-likeness (QED) is 0.486. The molecule has 192 valence electrons. The lowest BCUT2D eigenvalue weighted by atomic mass is 9.85. The highest BCUT2D eigenvalue weighted by molar-refractivity contribution is 5.93. The van der Waals surface area contributed by atoms with Crippen molar-refractivity contribution in [1.82, 2.24) is 26.2 Å². The maximum absolute atomic E-state index is 13.2. The van der Waals surface area contributed by atoms with Crippen LogP contribution >= 0.6 is 0 Å². The minimum absolute atomic E-state index is 0.208. The lowest BCUT2D eigenvalue weighted by molar-refractivity contribution is -0.141. The molecule has 10 heteroatoms. The van der Waals surface area contributed by atoms with Crippen molar-refractivity contribution < 1.29 is 19.2 Å². The Morgan fingerprint density at radius 2 is 1.74 bits per heavy atom. The Morgan fingerprint density at radius 1 is 1.12 bits per heavy atom. The number of carbonyl (C=O) groups excluding carboxylic acids is 4. The Labute approximate surface area is 203 Å². The average molecular weight is 479 g/mol. The van der Waals surface area contributed by atoms with Gasteiger partial charge in [0.1, 0.15) is 18.1 Å². The van der Waals surface area contributed by atoms with Gasteiger partial charge >= 0.3 is 6.03 Å². The van der Waals surface area contributed by atoms with Crippen molar-refractivity contribution in [3.05, 3.63) is 0 Å². The van der Waals surface area contributed by atoms with Crippen molar-refractivity contribution in [3.63, 3.8) is 0 Å². The highest BCUT2D eigenvalue weighted by Gasteiger charge is 2.42. The molecule has 2 aliphatic heterocycles. The predicted molar refractivity (Wildman–Crippen MR) is 129 cm³/mol.